The molecule has 1 aromatic carbocycles. The van der Waals surface area contributed by atoms with Gasteiger partial charge in [-0.3, -0.25) is 4.90 Å². The van der Waals surface area contributed by atoms with Crippen LogP contribution in [-0.4, -0.2) is 23.0 Å². The fourth-order valence-electron chi connectivity index (χ4n) is 3.47. The van der Waals surface area contributed by atoms with E-state index in [2.05, 4.69) is 49.9 Å². The molecule has 2 aromatic rings. The Morgan fingerprint density at radius 2 is 1.96 bits per heavy atom. The molecule has 0 N–H and O–H groups in total. The van der Waals surface area contributed by atoms with Gasteiger partial charge in [0.25, 0.3) is 0 Å². The van der Waals surface area contributed by atoms with Crippen molar-refractivity contribution in [1.82, 2.24) is 9.88 Å². The summed E-state index contributed by atoms with van der Waals surface area (Å²) in [6.07, 6.45) is 2.61. The van der Waals surface area contributed by atoms with E-state index < -0.39 is 0 Å². The largest absolute Gasteiger partial charge is 0.441 e. The Hall–Kier alpha value is -1.61. The van der Waals surface area contributed by atoms with Crippen molar-refractivity contribution in [3.8, 4) is 11.5 Å². The molecule has 1 saturated heterocycles. The first-order valence-corrected chi connectivity index (χ1v) is 8.78. The second-order valence-electron chi connectivity index (χ2n) is 7.25. The van der Waals surface area contributed by atoms with E-state index in [0.717, 1.165) is 41.3 Å². The number of oxazole rings is 1. The highest BCUT2D eigenvalue weighted by molar-refractivity contribution is 5.54. The van der Waals surface area contributed by atoms with Crippen molar-refractivity contribution in [3.63, 3.8) is 0 Å². The lowest BCUT2D eigenvalue weighted by Crippen LogP contribution is -2.35. The highest BCUT2D eigenvalue weighted by Gasteiger charge is 2.23. The zero-order valence-corrected chi connectivity index (χ0v) is 14.8. The maximum Gasteiger partial charge on any atom is 0.226 e. The first-order chi connectivity index (χ1) is 11.0. The van der Waals surface area contributed by atoms with E-state index in [1.54, 1.807) is 0 Å². The van der Waals surface area contributed by atoms with Crippen LogP contribution < -0.4 is 0 Å². The van der Waals surface area contributed by atoms with E-state index in [1.165, 1.54) is 31.5 Å². The number of rotatable bonds is 4. The molecule has 1 aliphatic rings. The van der Waals surface area contributed by atoms with Crippen LogP contribution in [0, 0.1) is 25.7 Å². The molecule has 2 heterocycles. The molecule has 3 heteroatoms. The van der Waals surface area contributed by atoms with Crippen molar-refractivity contribution in [1.29, 1.82) is 0 Å². The first-order valence-electron chi connectivity index (χ1n) is 8.78. The lowest BCUT2D eigenvalue weighted by atomic mass is 9.87. The second kappa shape index (κ2) is 6.88. The van der Waals surface area contributed by atoms with Crippen LogP contribution in [0.3, 0.4) is 0 Å². The predicted molar refractivity (Wildman–Crippen MR) is 94.3 cm³/mol. The molecule has 1 aliphatic heterocycles. The molecular weight excluding hydrogens is 284 g/mol. The summed E-state index contributed by atoms with van der Waals surface area (Å²) in [6, 6.07) is 8.35. The molecule has 3 nitrogen and oxygen atoms in total. The lowest BCUT2D eigenvalue weighted by Gasteiger charge is -2.33. The van der Waals surface area contributed by atoms with Crippen LogP contribution in [0.4, 0.5) is 0 Å². The summed E-state index contributed by atoms with van der Waals surface area (Å²) in [5.74, 6) is 3.39. The van der Waals surface area contributed by atoms with Crippen molar-refractivity contribution in [2.24, 2.45) is 11.8 Å². The summed E-state index contributed by atoms with van der Waals surface area (Å²) >= 11 is 0. The number of piperidine rings is 1. The van der Waals surface area contributed by atoms with Crippen LogP contribution in [0.25, 0.3) is 11.5 Å². The van der Waals surface area contributed by atoms with E-state index >= 15 is 0 Å². The van der Waals surface area contributed by atoms with Gasteiger partial charge in [-0.2, -0.15) is 0 Å². The van der Waals surface area contributed by atoms with E-state index in [4.69, 9.17) is 9.40 Å². The van der Waals surface area contributed by atoms with Crippen molar-refractivity contribution in [2.75, 3.05) is 13.1 Å². The Balaban J connectivity index is 1.68. The number of nitrogens with zero attached hydrogens (tertiary/aromatic N) is 2. The number of aromatic nitrogens is 1. The molecule has 0 spiro atoms. The Morgan fingerprint density at radius 3 is 2.61 bits per heavy atom. The van der Waals surface area contributed by atoms with Gasteiger partial charge in [-0.05, 0) is 63.7 Å². The van der Waals surface area contributed by atoms with Gasteiger partial charge < -0.3 is 4.42 Å². The number of hydrogen-bond acceptors (Lipinski definition) is 3. The van der Waals surface area contributed by atoms with Crippen LogP contribution in [0.2, 0.25) is 0 Å². The monoisotopic (exact) mass is 312 g/mol. The third-order valence-electron chi connectivity index (χ3n) is 5.11. The standard InChI is InChI=1S/C20H28N2O/c1-14(2)17-8-10-22(11-9-17)13-19-16(4)23-20(21-19)18-7-5-6-15(3)12-18/h5-7,12,14,17H,8-11,13H2,1-4H3. The second-order valence-corrected chi connectivity index (χ2v) is 7.25. The number of likely N-dealkylation sites (tertiary alicyclic amines) is 1. The highest BCUT2D eigenvalue weighted by Crippen LogP contribution is 2.27. The molecule has 3 rings (SSSR count). The Morgan fingerprint density at radius 1 is 1.22 bits per heavy atom. The van der Waals surface area contributed by atoms with E-state index in [9.17, 15) is 0 Å². The molecular formula is C20H28N2O. The van der Waals surface area contributed by atoms with Crippen LogP contribution in [0.15, 0.2) is 28.7 Å². The fraction of sp³-hybridized carbons (Fsp3) is 0.550. The van der Waals surface area contributed by atoms with E-state index in [-0.39, 0.29) is 0 Å². The quantitative estimate of drug-likeness (QED) is 0.810. The minimum Gasteiger partial charge on any atom is -0.441 e. The molecule has 0 bridgehead atoms. The van der Waals surface area contributed by atoms with Crippen LogP contribution >= 0.6 is 0 Å². The molecule has 0 atom stereocenters. The lowest BCUT2D eigenvalue weighted by molar-refractivity contribution is 0.150. The minimum absolute atomic E-state index is 0.748. The van der Waals surface area contributed by atoms with Crippen LogP contribution in [0.1, 0.15) is 43.7 Å². The van der Waals surface area contributed by atoms with Gasteiger partial charge in [0.2, 0.25) is 5.89 Å². The van der Waals surface area contributed by atoms with Gasteiger partial charge in [-0.25, -0.2) is 4.98 Å². The van der Waals surface area contributed by atoms with Crippen molar-refractivity contribution in [2.45, 2.75) is 47.1 Å². The van der Waals surface area contributed by atoms with Crippen molar-refractivity contribution >= 4 is 0 Å². The Kier molecular flexibility index (Phi) is 4.86. The Bertz CT molecular complexity index is 651. The molecule has 0 radical (unpaired) electrons. The van der Waals surface area contributed by atoms with Gasteiger partial charge in [-0.1, -0.05) is 31.5 Å². The van der Waals surface area contributed by atoms with Gasteiger partial charge in [0.1, 0.15) is 5.76 Å². The predicted octanol–water partition coefficient (Wildman–Crippen LogP) is 4.83. The summed E-state index contributed by atoms with van der Waals surface area (Å²) in [5, 5.41) is 0. The SMILES string of the molecule is Cc1cccc(-c2nc(CN3CCC(C(C)C)CC3)c(C)o2)c1. The third kappa shape index (κ3) is 3.84. The van der Waals surface area contributed by atoms with Gasteiger partial charge >= 0.3 is 0 Å². The molecule has 1 aromatic heterocycles. The molecule has 0 saturated carbocycles. The van der Waals surface area contributed by atoms with E-state index in [1.807, 2.05) is 6.92 Å². The fourth-order valence-corrected chi connectivity index (χ4v) is 3.47. The molecule has 124 valence electrons. The zero-order chi connectivity index (χ0) is 16.4. The average Bonchev–Trinajstić information content (AvgIpc) is 2.89. The van der Waals surface area contributed by atoms with Crippen molar-refractivity contribution < 1.29 is 4.42 Å². The van der Waals surface area contributed by atoms with E-state index in [0.29, 0.717) is 0 Å². The van der Waals surface area contributed by atoms with Gasteiger partial charge in [0, 0.05) is 12.1 Å². The molecule has 23 heavy (non-hydrogen) atoms. The average molecular weight is 312 g/mol. The number of aryl methyl sites for hydroxylation is 2. The van der Waals surface area contributed by atoms with Gasteiger partial charge in [-0.15, -0.1) is 0 Å². The summed E-state index contributed by atoms with van der Waals surface area (Å²) in [7, 11) is 0. The first kappa shape index (κ1) is 16.3. The smallest absolute Gasteiger partial charge is 0.226 e. The van der Waals surface area contributed by atoms with Crippen LogP contribution in [0.5, 0.6) is 0 Å². The topological polar surface area (TPSA) is 29.3 Å². The maximum atomic E-state index is 5.92. The maximum absolute atomic E-state index is 5.92. The van der Waals surface area contributed by atoms with Gasteiger partial charge in [0.15, 0.2) is 0 Å². The minimum atomic E-state index is 0.748. The zero-order valence-electron chi connectivity index (χ0n) is 14.8. The van der Waals surface area contributed by atoms with Crippen molar-refractivity contribution in [3.05, 3.63) is 41.3 Å². The van der Waals surface area contributed by atoms with Gasteiger partial charge in [0.05, 0.1) is 5.69 Å². The Labute approximate surface area is 139 Å². The summed E-state index contributed by atoms with van der Waals surface area (Å²) < 4.78 is 5.92. The summed E-state index contributed by atoms with van der Waals surface area (Å²) in [4.78, 5) is 7.28. The normalized spacial score (nSPS) is 17.1. The number of hydrogen-bond donors (Lipinski definition) is 0. The highest BCUT2D eigenvalue weighted by atomic mass is 16.4. The summed E-state index contributed by atoms with van der Waals surface area (Å²) in [6.45, 7) is 12.1. The molecule has 0 amide bonds. The molecule has 1 fully saturated rings. The third-order valence-corrected chi connectivity index (χ3v) is 5.11. The number of benzene rings is 1. The molecule has 0 aliphatic carbocycles. The molecule has 0 unspecified atom stereocenters. The summed E-state index contributed by atoms with van der Waals surface area (Å²) in [5.41, 5.74) is 3.39. The van der Waals surface area contributed by atoms with Crippen LogP contribution in [-0.2, 0) is 6.54 Å².